The van der Waals surface area contributed by atoms with E-state index in [-0.39, 0.29) is 18.0 Å². The van der Waals surface area contributed by atoms with Crippen LogP contribution in [0.1, 0.15) is 24.4 Å². The molecule has 2 atom stereocenters. The van der Waals surface area contributed by atoms with Crippen LogP contribution in [-0.4, -0.2) is 61.7 Å². The molecule has 7 nitrogen and oxygen atoms in total. The van der Waals surface area contributed by atoms with E-state index in [9.17, 15) is 9.59 Å². The SMILES string of the molecule is COc1cccc([C@@H]2NC(=O)N(C)C3=C2C(=O)N(C[C@@H]2CCCO2)C3)c1. The molecular formula is C19H23N3O4. The first-order valence-electron chi connectivity index (χ1n) is 8.90. The number of carbonyl (C=O) groups excluding carboxylic acids is 2. The molecule has 1 aromatic rings. The number of carbonyl (C=O) groups is 2. The summed E-state index contributed by atoms with van der Waals surface area (Å²) < 4.78 is 11.0. The maximum Gasteiger partial charge on any atom is 0.322 e. The number of amides is 3. The quantitative estimate of drug-likeness (QED) is 0.890. The van der Waals surface area contributed by atoms with Gasteiger partial charge in [-0.2, -0.15) is 0 Å². The molecule has 26 heavy (non-hydrogen) atoms. The molecule has 0 aliphatic carbocycles. The molecule has 0 radical (unpaired) electrons. The number of hydrogen-bond acceptors (Lipinski definition) is 4. The van der Waals surface area contributed by atoms with Gasteiger partial charge < -0.3 is 19.7 Å². The molecular weight excluding hydrogens is 334 g/mol. The topological polar surface area (TPSA) is 71.1 Å². The summed E-state index contributed by atoms with van der Waals surface area (Å²) in [6.07, 6.45) is 2.09. The van der Waals surface area contributed by atoms with Gasteiger partial charge in [-0.1, -0.05) is 12.1 Å². The largest absolute Gasteiger partial charge is 0.497 e. The lowest BCUT2D eigenvalue weighted by Gasteiger charge is -2.31. The Kier molecular flexibility index (Phi) is 4.32. The smallest absolute Gasteiger partial charge is 0.322 e. The lowest BCUT2D eigenvalue weighted by Crippen LogP contribution is -2.45. The van der Waals surface area contributed by atoms with Crippen LogP contribution in [0.4, 0.5) is 4.79 Å². The predicted molar refractivity (Wildman–Crippen MR) is 94.6 cm³/mol. The van der Waals surface area contributed by atoms with Crippen molar-refractivity contribution in [3.8, 4) is 5.75 Å². The van der Waals surface area contributed by atoms with Crippen molar-refractivity contribution in [3.63, 3.8) is 0 Å². The lowest BCUT2D eigenvalue weighted by atomic mass is 9.95. The minimum atomic E-state index is -0.467. The van der Waals surface area contributed by atoms with Crippen molar-refractivity contribution in [3.05, 3.63) is 41.1 Å². The van der Waals surface area contributed by atoms with E-state index < -0.39 is 6.04 Å². The van der Waals surface area contributed by atoms with Crippen LogP contribution in [0.2, 0.25) is 0 Å². The van der Waals surface area contributed by atoms with Crippen LogP contribution in [0.25, 0.3) is 0 Å². The normalized spacial score (nSPS) is 25.6. The highest BCUT2D eigenvalue weighted by atomic mass is 16.5. The molecule has 3 amide bonds. The van der Waals surface area contributed by atoms with Crippen molar-refractivity contribution in [1.29, 1.82) is 0 Å². The first kappa shape index (κ1) is 16.9. The number of nitrogens with zero attached hydrogens (tertiary/aromatic N) is 2. The van der Waals surface area contributed by atoms with Crippen LogP contribution in [0.5, 0.6) is 5.75 Å². The maximum atomic E-state index is 13.1. The highest BCUT2D eigenvalue weighted by molar-refractivity contribution is 6.01. The molecule has 3 aliphatic rings. The molecule has 0 spiro atoms. The number of rotatable bonds is 4. The van der Waals surface area contributed by atoms with Gasteiger partial charge in [0.15, 0.2) is 0 Å². The van der Waals surface area contributed by atoms with Gasteiger partial charge in [-0.25, -0.2) is 4.79 Å². The van der Waals surface area contributed by atoms with E-state index in [0.29, 0.717) is 24.4 Å². The van der Waals surface area contributed by atoms with Gasteiger partial charge in [0.2, 0.25) is 0 Å². The molecule has 1 fully saturated rings. The molecule has 1 saturated heterocycles. The number of urea groups is 1. The minimum Gasteiger partial charge on any atom is -0.497 e. The second kappa shape index (κ2) is 6.64. The Labute approximate surface area is 152 Å². The Morgan fingerprint density at radius 1 is 1.35 bits per heavy atom. The van der Waals surface area contributed by atoms with Gasteiger partial charge in [-0.3, -0.25) is 9.69 Å². The Bertz CT molecular complexity index is 770. The summed E-state index contributed by atoms with van der Waals surface area (Å²) in [5.41, 5.74) is 2.24. The monoisotopic (exact) mass is 357 g/mol. The average molecular weight is 357 g/mol. The highest BCUT2D eigenvalue weighted by Gasteiger charge is 2.43. The summed E-state index contributed by atoms with van der Waals surface area (Å²) in [7, 11) is 3.30. The van der Waals surface area contributed by atoms with Crippen molar-refractivity contribution in [2.24, 2.45) is 0 Å². The third-order valence-electron chi connectivity index (χ3n) is 5.31. The van der Waals surface area contributed by atoms with Gasteiger partial charge in [-0.15, -0.1) is 0 Å². The second-order valence-corrected chi connectivity index (χ2v) is 6.90. The van der Waals surface area contributed by atoms with Crippen LogP contribution in [-0.2, 0) is 9.53 Å². The number of benzene rings is 1. The van der Waals surface area contributed by atoms with E-state index >= 15 is 0 Å². The fourth-order valence-corrected chi connectivity index (χ4v) is 3.88. The van der Waals surface area contributed by atoms with E-state index in [2.05, 4.69) is 5.32 Å². The van der Waals surface area contributed by atoms with Gasteiger partial charge in [-0.05, 0) is 30.5 Å². The predicted octanol–water partition coefficient (Wildman–Crippen LogP) is 1.67. The number of nitrogens with one attached hydrogen (secondary N) is 1. The van der Waals surface area contributed by atoms with Gasteiger partial charge in [0.05, 0.1) is 37.1 Å². The second-order valence-electron chi connectivity index (χ2n) is 6.90. The maximum absolute atomic E-state index is 13.1. The van der Waals surface area contributed by atoms with Crippen molar-refractivity contribution < 1.29 is 19.1 Å². The summed E-state index contributed by atoms with van der Waals surface area (Å²) in [6.45, 7) is 1.77. The van der Waals surface area contributed by atoms with Gasteiger partial charge >= 0.3 is 6.03 Å². The standard InChI is InChI=1S/C19H23N3O4/c1-21-15-11-22(10-14-7-4-8-26-14)18(23)16(15)17(20-19(21)24)12-5-3-6-13(9-12)25-2/h3,5-6,9,14,17H,4,7-8,10-11H2,1-2H3,(H,20,24)/t14-,17-/m0/s1. The van der Waals surface area contributed by atoms with Gasteiger partial charge in [0.25, 0.3) is 5.91 Å². The van der Waals surface area contributed by atoms with Crippen LogP contribution in [0.3, 0.4) is 0 Å². The third-order valence-corrected chi connectivity index (χ3v) is 5.31. The Balaban J connectivity index is 1.65. The van der Waals surface area contributed by atoms with Crippen LogP contribution in [0.15, 0.2) is 35.5 Å². The molecule has 4 rings (SSSR count). The molecule has 0 aromatic heterocycles. The summed E-state index contributed by atoms with van der Waals surface area (Å²) in [6, 6.07) is 6.79. The molecule has 1 aromatic carbocycles. The zero-order valence-corrected chi connectivity index (χ0v) is 15.0. The summed E-state index contributed by atoms with van der Waals surface area (Å²) in [5.74, 6) is 0.662. The van der Waals surface area contributed by atoms with Gasteiger partial charge in [0, 0.05) is 20.2 Å². The van der Waals surface area contributed by atoms with Gasteiger partial charge in [0.1, 0.15) is 5.75 Å². The van der Waals surface area contributed by atoms with E-state index in [4.69, 9.17) is 9.47 Å². The fourth-order valence-electron chi connectivity index (χ4n) is 3.88. The summed E-state index contributed by atoms with van der Waals surface area (Å²) in [4.78, 5) is 28.9. The van der Waals surface area contributed by atoms with Crippen LogP contribution < -0.4 is 10.1 Å². The molecule has 3 aliphatic heterocycles. The Morgan fingerprint density at radius 2 is 2.19 bits per heavy atom. The van der Waals surface area contributed by atoms with E-state index in [1.807, 2.05) is 24.3 Å². The zero-order chi connectivity index (χ0) is 18.3. The summed E-state index contributed by atoms with van der Waals surface area (Å²) >= 11 is 0. The first-order chi connectivity index (χ1) is 12.6. The Morgan fingerprint density at radius 3 is 2.92 bits per heavy atom. The molecule has 138 valence electrons. The summed E-state index contributed by atoms with van der Waals surface area (Å²) in [5, 5.41) is 2.94. The number of ether oxygens (including phenoxy) is 2. The first-order valence-corrected chi connectivity index (χ1v) is 8.90. The zero-order valence-electron chi connectivity index (χ0n) is 15.0. The van der Waals surface area contributed by atoms with E-state index in [0.717, 1.165) is 30.7 Å². The fraction of sp³-hybridized carbons (Fsp3) is 0.474. The van der Waals surface area contributed by atoms with E-state index in [1.165, 1.54) is 0 Å². The lowest BCUT2D eigenvalue weighted by molar-refractivity contribution is -0.127. The number of likely N-dealkylation sites (N-methyl/N-ethyl adjacent to an activating group) is 1. The molecule has 0 saturated carbocycles. The number of methoxy groups -OCH3 is 1. The molecule has 1 N–H and O–H groups in total. The number of hydrogen-bond donors (Lipinski definition) is 1. The minimum absolute atomic E-state index is 0.0323. The molecule has 0 unspecified atom stereocenters. The van der Waals surface area contributed by atoms with Crippen LogP contribution >= 0.6 is 0 Å². The van der Waals surface area contributed by atoms with Crippen molar-refractivity contribution in [2.45, 2.75) is 25.0 Å². The van der Waals surface area contributed by atoms with E-state index in [1.54, 1.807) is 24.0 Å². The highest BCUT2D eigenvalue weighted by Crippen LogP contribution is 2.36. The van der Waals surface area contributed by atoms with Crippen molar-refractivity contribution in [1.82, 2.24) is 15.1 Å². The molecule has 0 bridgehead atoms. The Hall–Kier alpha value is -2.54. The van der Waals surface area contributed by atoms with Crippen molar-refractivity contribution >= 4 is 11.9 Å². The third kappa shape index (κ3) is 2.82. The molecule has 7 heteroatoms. The molecule has 3 heterocycles. The average Bonchev–Trinajstić information content (AvgIpc) is 3.27. The van der Waals surface area contributed by atoms with Crippen molar-refractivity contribution in [2.75, 3.05) is 33.9 Å². The van der Waals surface area contributed by atoms with Crippen LogP contribution in [0, 0.1) is 0 Å².